The highest BCUT2D eigenvalue weighted by atomic mass is 32.2. The summed E-state index contributed by atoms with van der Waals surface area (Å²) in [5, 5.41) is 9.85. The first kappa shape index (κ1) is 13.3. The van der Waals surface area contributed by atoms with Gasteiger partial charge in [0.15, 0.2) is 10.8 Å². The summed E-state index contributed by atoms with van der Waals surface area (Å²) in [5.41, 5.74) is 4.81. The second-order valence-corrected chi connectivity index (χ2v) is 6.80. The number of nitrogens with zero attached hydrogens (tertiary/aromatic N) is 3. The molecule has 102 valence electrons. The first-order valence-electron chi connectivity index (χ1n) is 5.73. The molecule has 1 aliphatic heterocycles. The average molecular weight is 274 g/mol. The summed E-state index contributed by atoms with van der Waals surface area (Å²) in [6.07, 6.45) is 2.22. The molecule has 0 amide bonds. The van der Waals surface area contributed by atoms with Gasteiger partial charge in [-0.3, -0.25) is 0 Å². The second-order valence-electron chi connectivity index (χ2n) is 4.95. The van der Waals surface area contributed by atoms with Crippen LogP contribution in [0, 0.1) is 0 Å². The zero-order valence-corrected chi connectivity index (χ0v) is 11.3. The molecule has 1 fully saturated rings. The summed E-state index contributed by atoms with van der Waals surface area (Å²) in [6, 6.07) is 0. The van der Waals surface area contributed by atoms with E-state index in [1.807, 2.05) is 0 Å². The van der Waals surface area contributed by atoms with Crippen molar-refractivity contribution in [2.45, 2.75) is 30.4 Å². The summed E-state index contributed by atoms with van der Waals surface area (Å²) in [5.74, 6) is 0.00911. The van der Waals surface area contributed by atoms with Gasteiger partial charge >= 0.3 is 0 Å². The van der Waals surface area contributed by atoms with Gasteiger partial charge in [0.2, 0.25) is 0 Å². The van der Waals surface area contributed by atoms with Crippen LogP contribution in [-0.2, 0) is 17.1 Å². The highest BCUT2D eigenvalue weighted by Gasteiger charge is 2.36. The normalized spacial score (nSPS) is 21.1. The molecule has 1 aliphatic rings. The number of rotatable bonds is 2. The van der Waals surface area contributed by atoms with Gasteiger partial charge in [-0.15, -0.1) is 0 Å². The van der Waals surface area contributed by atoms with E-state index in [9.17, 15) is 13.5 Å². The van der Waals surface area contributed by atoms with E-state index in [1.54, 1.807) is 14.0 Å². The zero-order valence-electron chi connectivity index (χ0n) is 10.5. The number of nitrogens with two attached hydrogens (primary N) is 1. The van der Waals surface area contributed by atoms with Crippen LogP contribution in [0.5, 0.6) is 0 Å². The molecule has 1 aromatic heterocycles. The quantitative estimate of drug-likeness (QED) is 0.759. The minimum atomic E-state index is -3.63. The fraction of sp³-hybridized carbons (Fsp3) is 0.700. The van der Waals surface area contributed by atoms with E-state index in [0.717, 1.165) is 0 Å². The molecule has 18 heavy (non-hydrogen) atoms. The maximum atomic E-state index is 12.4. The van der Waals surface area contributed by atoms with Gasteiger partial charge in [-0.25, -0.2) is 13.4 Å². The molecule has 0 atom stereocenters. The SMILES string of the molecule is Cn1cnc(N)c1S(=O)(=O)N1CCC(C)(O)CC1. The smallest absolute Gasteiger partial charge is 0.262 e. The van der Waals surface area contributed by atoms with Crippen LogP contribution in [0.3, 0.4) is 0 Å². The Kier molecular flexibility index (Phi) is 3.12. The van der Waals surface area contributed by atoms with Crippen LogP contribution in [0.4, 0.5) is 5.82 Å². The number of aliphatic hydroxyl groups is 1. The Labute approximate surface area is 106 Å². The van der Waals surface area contributed by atoms with Crippen molar-refractivity contribution in [1.82, 2.24) is 13.9 Å². The van der Waals surface area contributed by atoms with E-state index < -0.39 is 15.6 Å². The molecule has 0 aliphatic carbocycles. The van der Waals surface area contributed by atoms with Crippen LogP contribution in [-0.4, -0.2) is 46.1 Å². The van der Waals surface area contributed by atoms with E-state index in [-0.39, 0.29) is 10.8 Å². The molecule has 8 heteroatoms. The van der Waals surface area contributed by atoms with Crippen LogP contribution in [0.25, 0.3) is 0 Å². The van der Waals surface area contributed by atoms with Crippen molar-refractivity contribution in [3.05, 3.63) is 6.33 Å². The fourth-order valence-corrected chi connectivity index (χ4v) is 3.72. The number of hydrogen-bond acceptors (Lipinski definition) is 5. The van der Waals surface area contributed by atoms with Gasteiger partial charge in [0.25, 0.3) is 10.0 Å². The first-order chi connectivity index (χ1) is 8.24. The van der Waals surface area contributed by atoms with E-state index in [2.05, 4.69) is 4.98 Å². The fourth-order valence-electron chi connectivity index (χ4n) is 2.08. The van der Waals surface area contributed by atoms with Crippen LogP contribution in [0.15, 0.2) is 11.4 Å². The molecule has 7 nitrogen and oxygen atoms in total. The second kappa shape index (κ2) is 4.22. The summed E-state index contributed by atoms with van der Waals surface area (Å²) >= 11 is 0. The molecule has 0 radical (unpaired) electrons. The zero-order chi connectivity index (χ0) is 13.6. The van der Waals surface area contributed by atoms with Crippen molar-refractivity contribution < 1.29 is 13.5 Å². The number of aryl methyl sites for hydroxylation is 1. The van der Waals surface area contributed by atoms with E-state index in [4.69, 9.17) is 5.73 Å². The minimum Gasteiger partial charge on any atom is -0.390 e. The monoisotopic (exact) mass is 274 g/mol. The molecule has 2 rings (SSSR count). The van der Waals surface area contributed by atoms with Crippen LogP contribution in [0.2, 0.25) is 0 Å². The molecule has 3 N–H and O–H groups in total. The highest BCUT2D eigenvalue weighted by Crippen LogP contribution is 2.27. The van der Waals surface area contributed by atoms with Gasteiger partial charge in [-0.2, -0.15) is 4.31 Å². The number of aromatic nitrogens is 2. The highest BCUT2D eigenvalue weighted by molar-refractivity contribution is 7.89. The Morgan fingerprint density at radius 3 is 2.44 bits per heavy atom. The van der Waals surface area contributed by atoms with Crippen molar-refractivity contribution in [3.8, 4) is 0 Å². The van der Waals surface area contributed by atoms with Gasteiger partial charge in [0.1, 0.15) is 0 Å². The first-order valence-corrected chi connectivity index (χ1v) is 7.17. The largest absolute Gasteiger partial charge is 0.390 e. The predicted molar refractivity (Wildman–Crippen MR) is 66.2 cm³/mol. The number of nitrogen functional groups attached to an aromatic ring is 1. The van der Waals surface area contributed by atoms with Gasteiger partial charge in [-0.05, 0) is 19.8 Å². The third kappa shape index (κ3) is 2.23. The Morgan fingerprint density at radius 1 is 1.44 bits per heavy atom. The molecule has 0 bridgehead atoms. The topological polar surface area (TPSA) is 101 Å². The molecule has 0 saturated carbocycles. The number of sulfonamides is 1. The van der Waals surface area contributed by atoms with Crippen molar-refractivity contribution in [2.75, 3.05) is 18.8 Å². The summed E-state index contributed by atoms with van der Waals surface area (Å²) < 4.78 is 27.6. The van der Waals surface area contributed by atoms with Gasteiger partial charge in [0, 0.05) is 20.1 Å². The lowest BCUT2D eigenvalue weighted by atomic mass is 9.95. The summed E-state index contributed by atoms with van der Waals surface area (Å²) in [4.78, 5) is 3.79. The van der Waals surface area contributed by atoms with E-state index in [0.29, 0.717) is 25.9 Å². The lowest BCUT2D eigenvalue weighted by Gasteiger charge is -2.34. The number of imidazole rings is 1. The van der Waals surface area contributed by atoms with Gasteiger partial charge < -0.3 is 15.4 Å². The third-order valence-corrected chi connectivity index (χ3v) is 5.32. The number of piperidine rings is 1. The Hall–Kier alpha value is -1.12. The third-order valence-electron chi connectivity index (χ3n) is 3.29. The van der Waals surface area contributed by atoms with E-state index >= 15 is 0 Å². The molecule has 1 aromatic rings. The minimum absolute atomic E-state index is 0.00911. The Balaban J connectivity index is 2.29. The lowest BCUT2D eigenvalue weighted by molar-refractivity contribution is 0.0125. The number of hydrogen-bond donors (Lipinski definition) is 2. The van der Waals surface area contributed by atoms with Crippen molar-refractivity contribution in [1.29, 1.82) is 0 Å². The molecule has 0 spiro atoms. The molecule has 0 aromatic carbocycles. The Bertz CT molecular complexity index is 520. The van der Waals surface area contributed by atoms with Crippen LogP contribution in [0.1, 0.15) is 19.8 Å². The van der Waals surface area contributed by atoms with Crippen molar-refractivity contribution >= 4 is 15.8 Å². The lowest BCUT2D eigenvalue weighted by Crippen LogP contribution is -2.45. The summed E-state index contributed by atoms with van der Waals surface area (Å²) in [7, 11) is -2.04. The van der Waals surface area contributed by atoms with Crippen LogP contribution >= 0.6 is 0 Å². The standard InChI is InChI=1S/C10H18N4O3S/c1-10(15)3-5-14(6-4-10)18(16,17)9-8(11)12-7-13(9)2/h7,15H,3-6,11H2,1-2H3. The molecule has 2 heterocycles. The van der Waals surface area contributed by atoms with Crippen molar-refractivity contribution in [2.24, 2.45) is 7.05 Å². The predicted octanol–water partition coefficient (Wildman–Crippen LogP) is -0.462. The molecular formula is C10H18N4O3S. The number of anilines is 1. The maximum absolute atomic E-state index is 12.4. The molecular weight excluding hydrogens is 256 g/mol. The average Bonchev–Trinajstić information content (AvgIpc) is 2.58. The van der Waals surface area contributed by atoms with E-state index in [1.165, 1.54) is 15.2 Å². The van der Waals surface area contributed by atoms with Crippen molar-refractivity contribution in [3.63, 3.8) is 0 Å². The maximum Gasteiger partial charge on any atom is 0.262 e. The molecule has 0 unspecified atom stereocenters. The van der Waals surface area contributed by atoms with Gasteiger partial charge in [0.05, 0.1) is 11.9 Å². The summed E-state index contributed by atoms with van der Waals surface area (Å²) in [6.45, 7) is 2.30. The Morgan fingerprint density at radius 2 is 2.00 bits per heavy atom. The van der Waals surface area contributed by atoms with Gasteiger partial charge in [-0.1, -0.05) is 0 Å². The molecule has 1 saturated heterocycles. The van der Waals surface area contributed by atoms with Crippen LogP contribution < -0.4 is 5.73 Å².